The molecule has 0 spiro atoms. The summed E-state index contributed by atoms with van der Waals surface area (Å²) >= 11 is 0. The quantitative estimate of drug-likeness (QED) is 0.298. The maximum Gasteiger partial charge on any atom is 0.308 e. The van der Waals surface area contributed by atoms with E-state index in [9.17, 15) is 4.79 Å². The molecule has 0 bridgehead atoms. The van der Waals surface area contributed by atoms with Gasteiger partial charge in [-0.3, -0.25) is 4.79 Å². The average molecular weight is 318 g/mol. The van der Waals surface area contributed by atoms with Gasteiger partial charge in [0.15, 0.2) is 0 Å². The number of rotatable bonds is 8. The fourth-order valence-electron chi connectivity index (χ4n) is 2.49. The maximum absolute atomic E-state index is 11.6. The van der Waals surface area contributed by atoms with Crippen LogP contribution in [0.1, 0.15) is 19.3 Å². The summed E-state index contributed by atoms with van der Waals surface area (Å²) in [5.74, 6) is -0.227. The van der Waals surface area contributed by atoms with Crippen LogP contribution in [0.4, 0.5) is 0 Å². The number of carbonyl (C=O) groups excluding carboxylic acids is 1. The molecular formula is C15H30O5Si. The topological polar surface area (TPSA) is 54.0 Å². The molecule has 1 aliphatic carbocycles. The molecule has 1 saturated carbocycles. The number of methoxy groups -OCH3 is 2. The third-order valence-corrected chi connectivity index (χ3v) is 5.63. The second kappa shape index (κ2) is 8.88. The van der Waals surface area contributed by atoms with Crippen LogP contribution in [-0.4, -0.2) is 53.9 Å². The van der Waals surface area contributed by atoms with E-state index >= 15 is 0 Å². The standard InChI is InChI=1S/C15H30O5Si/c1-17-14-10-12(15(16)18-2)6-7-13(14)20-11-19-8-9-21(3,4)5/h12-14H,6-11H2,1-5H3/t12-,13-,14-/m1/s1. The molecule has 0 aromatic heterocycles. The van der Waals surface area contributed by atoms with Crippen LogP contribution in [0.2, 0.25) is 25.7 Å². The van der Waals surface area contributed by atoms with Crippen molar-refractivity contribution in [2.24, 2.45) is 5.92 Å². The molecule has 0 unspecified atom stereocenters. The van der Waals surface area contributed by atoms with Crippen LogP contribution in [0, 0.1) is 5.92 Å². The number of hydrogen-bond acceptors (Lipinski definition) is 5. The van der Waals surface area contributed by atoms with Gasteiger partial charge in [-0.15, -0.1) is 0 Å². The van der Waals surface area contributed by atoms with E-state index in [1.165, 1.54) is 7.11 Å². The summed E-state index contributed by atoms with van der Waals surface area (Å²) in [6.07, 6.45) is 2.18. The predicted octanol–water partition coefficient (Wildman–Crippen LogP) is 2.67. The van der Waals surface area contributed by atoms with E-state index in [4.69, 9.17) is 18.9 Å². The molecular weight excluding hydrogens is 288 g/mol. The third kappa shape index (κ3) is 6.91. The zero-order valence-electron chi connectivity index (χ0n) is 14.0. The van der Waals surface area contributed by atoms with E-state index in [1.807, 2.05) is 0 Å². The molecule has 124 valence electrons. The van der Waals surface area contributed by atoms with Crippen molar-refractivity contribution in [2.75, 3.05) is 27.6 Å². The van der Waals surface area contributed by atoms with E-state index in [-0.39, 0.29) is 24.1 Å². The first-order valence-electron chi connectivity index (χ1n) is 7.67. The minimum absolute atomic E-state index is 0.00258. The fourth-order valence-corrected chi connectivity index (χ4v) is 3.25. The van der Waals surface area contributed by atoms with Crippen LogP contribution in [0.25, 0.3) is 0 Å². The highest BCUT2D eigenvalue weighted by molar-refractivity contribution is 6.76. The Balaban J connectivity index is 2.27. The first-order valence-corrected chi connectivity index (χ1v) is 11.4. The molecule has 0 radical (unpaired) electrons. The summed E-state index contributed by atoms with van der Waals surface area (Å²) in [5.41, 5.74) is 0. The van der Waals surface area contributed by atoms with Crippen LogP contribution in [0.5, 0.6) is 0 Å². The van der Waals surface area contributed by atoms with Crippen molar-refractivity contribution in [1.29, 1.82) is 0 Å². The van der Waals surface area contributed by atoms with Gasteiger partial charge in [0.1, 0.15) is 6.79 Å². The zero-order chi connectivity index (χ0) is 15.9. The molecule has 0 amide bonds. The minimum Gasteiger partial charge on any atom is -0.469 e. The van der Waals surface area contributed by atoms with E-state index in [1.54, 1.807) is 7.11 Å². The molecule has 0 aromatic carbocycles. The third-order valence-electron chi connectivity index (χ3n) is 3.93. The van der Waals surface area contributed by atoms with Crippen molar-refractivity contribution in [2.45, 2.75) is 57.2 Å². The number of esters is 1. The molecule has 0 aliphatic heterocycles. The van der Waals surface area contributed by atoms with Crippen molar-refractivity contribution in [3.8, 4) is 0 Å². The highest BCUT2D eigenvalue weighted by Crippen LogP contribution is 2.29. The van der Waals surface area contributed by atoms with Gasteiger partial charge in [-0.2, -0.15) is 0 Å². The summed E-state index contributed by atoms with van der Waals surface area (Å²) in [6, 6.07) is 1.14. The zero-order valence-corrected chi connectivity index (χ0v) is 15.0. The Kier molecular flexibility index (Phi) is 7.87. The summed E-state index contributed by atoms with van der Waals surface area (Å²) in [5, 5.41) is 0. The Morgan fingerprint density at radius 2 is 1.86 bits per heavy atom. The summed E-state index contributed by atoms with van der Waals surface area (Å²) in [7, 11) is 2.04. The van der Waals surface area contributed by atoms with Crippen molar-refractivity contribution in [1.82, 2.24) is 0 Å². The lowest BCUT2D eigenvalue weighted by atomic mass is 9.85. The molecule has 1 rings (SSSR count). The van der Waals surface area contributed by atoms with Gasteiger partial charge >= 0.3 is 5.97 Å². The van der Waals surface area contributed by atoms with E-state index < -0.39 is 8.07 Å². The minimum atomic E-state index is -1.05. The SMILES string of the molecule is COC(=O)[C@@H]1CC[C@@H](OCOCC[Si](C)(C)C)[C@H](OC)C1. The maximum atomic E-state index is 11.6. The molecule has 21 heavy (non-hydrogen) atoms. The van der Waals surface area contributed by atoms with E-state index in [2.05, 4.69) is 19.6 Å². The lowest BCUT2D eigenvalue weighted by Gasteiger charge is -2.33. The first kappa shape index (κ1) is 18.6. The molecule has 0 aromatic rings. The van der Waals surface area contributed by atoms with Crippen LogP contribution in [0.15, 0.2) is 0 Å². The molecule has 0 N–H and O–H groups in total. The number of carbonyl (C=O) groups is 1. The Bertz CT molecular complexity index is 316. The first-order chi connectivity index (χ1) is 9.87. The van der Waals surface area contributed by atoms with E-state index in [0.29, 0.717) is 13.2 Å². The van der Waals surface area contributed by atoms with Gasteiger partial charge in [0, 0.05) is 21.8 Å². The van der Waals surface area contributed by atoms with Crippen molar-refractivity contribution in [3.05, 3.63) is 0 Å². The highest BCUT2D eigenvalue weighted by Gasteiger charge is 2.35. The second-order valence-corrected chi connectivity index (χ2v) is 12.5. The van der Waals surface area contributed by atoms with E-state index in [0.717, 1.165) is 25.5 Å². The summed E-state index contributed by atoms with van der Waals surface area (Å²) in [4.78, 5) is 11.6. The Morgan fingerprint density at radius 1 is 1.14 bits per heavy atom. The van der Waals surface area contributed by atoms with Crippen LogP contribution >= 0.6 is 0 Å². The van der Waals surface area contributed by atoms with Crippen LogP contribution in [-0.2, 0) is 23.7 Å². The van der Waals surface area contributed by atoms with Crippen LogP contribution < -0.4 is 0 Å². The Hall–Kier alpha value is -0.433. The predicted molar refractivity (Wildman–Crippen MR) is 84.0 cm³/mol. The van der Waals surface area contributed by atoms with Gasteiger partial charge in [0.05, 0.1) is 25.2 Å². The van der Waals surface area contributed by atoms with Crippen molar-refractivity contribution < 1.29 is 23.7 Å². The summed E-state index contributed by atoms with van der Waals surface area (Å²) < 4.78 is 21.6. The molecule has 6 heteroatoms. The van der Waals surface area contributed by atoms with Gasteiger partial charge in [-0.25, -0.2) is 0 Å². The monoisotopic (exact) mass is 318 g/mol. The highest BCUT2D eigenvalue weighted by atomic mass is 28.3. The van der Waals surface area contributed by atoms with Crippen LogP contribution in [0.3, 0.4) is 0 Å². The molecule has 5 nitrogen and oxygen atoms in total. The van der Waals surface area contributed by atoms with Crippen molar-refractivity contribution in [3.63, 3.8) is 0 Å². The van der Waals surface area contributed by atoms with Gasteiger partial charge in [-0.05, 0) is 25.3 Å². The molecule has 3 atom stereocenters. The number of hydrogen-bond donors (Lipinski definition) is 0. The van der Waals surface area contributed by atoms with Crippen molar-refractivity contribution >= 4 is 14.0 Å². The normalized spacial score (nSPS) is 26.6. The number of ether oxygens (including phenoxy) is 4. The lowest BCUT2D eigenvalue weighted by Crippen LogP contribution is -2.40. The Labute approximate surface area is 129 Å². The fraction of sp³-hybridized carbons (Fsp3) is 0.933. The average Bonchev–Trinajstić information content (AvgIpc) is 2.45. The van der Waals surface area contributed by atoms with Gasteiger partial charge in [0.2, 0.25) is 0 Å². The molecule has 0 saturated heterocycles. The smallest absolute Gasteiger partial charge is 0.308 e. The van der Waals surface area contributed by atoms with Gasteiger partial charge < -0.3 is 18.9 Å². The second-order valence-electron chi connectivity index (χ2n) is 6.85. The molecule has 1 fully saturated rings. The van der Waals surface area contributed by atoms with Gasteiger partial charge in [-0.1, -0.05) is 19.6 Å². The largest absolute Gasteiger partial charge is 0.469 e. The molecule has 1 aliphatic rings. The molecule has 0 heterocycles. The lowest BCUT2D eigenvalue weighted by molar-refractivity contribution is -0.162. The summed E-state index contributed by atoms with van der Waals surface area (Å²) in [6.45, 7) is 8.04. The Morgan fingerprint density at radius 3 is 2.43 bits per heavy atom. The van der Waals surface area contributed by atoms with Gasteiger partial charge in [0.25, 0.3) is 0 Å².